The van der Waals surface area contributed by atoms with Crippen LogP contribution in [0.5, 0.6) is 0 Å². The number of hydrogen-bond acceptors (Lipinski definition) is 3. The first kappa shape index (κ1) is 13.3. The summed E-state index contributed by atoms with van der Waals surface area (Å²) in [7, 11) is 2.01. The molecule has 1 aliphatic heterocycles. The zero-order valence-electron chi connectivity index (χ0n) is 11.6. The third-order valence-corrected chi connectivity index (χ3v) is 3.73. The van der Waals surface area contributed by atoms with Crippen LogP contribution in [-0.2, 0) is 4.74 Å². The first-order valence-electron chi connectivity index (χ1n) is 7.23. The van der Waals surface area contributed by atoms with Crippen molar-refractivity contribution in [2.45, 2.75) is 57.8 Å². The maximum absolute atomic E-state index is 6.09. The molecular weight excluding hydrogens is 212 g/mol. The van der Waals surface area contributed by atoms with Crippen molar-refractivity contribution in [3.8, 4) is 0 Å². The lowest BCUT2D eigenvalue weighted by Gasteiger charge is -2.27. The van der Waals surface area contributed by atoms with Crippen LogP contribution in [0.4, 0.5) is 0 Å². The molecule has 0 bridgehead atoms. The van der Waals surface area contributed by atoms with E-state index < -0.39 is 0 Å². The Morgan fingerprint density at radius 2 is 1.88 bits per heavy atom. The standard InChI is InChI=1S/C14H28N2O/c1-11(2)9-16(12-4-5-12)10-14-7-6-13(17-14)8-15-3/h11-15H,4-10H2,1-3H3. The van der Waals surface area contributed by atoms with Crippen LogP contribution in [0, 0.1) is 5.92 Å². The number of nitrogens with one attached hydrogen (secondary N) is 1. The fourth-order valence-corrected chi connectivity index (χ4v) is 2.84. The van der Waals surface area contributed by atoms with Gasteiger partial charge in [-0.1, -0.05) is 13.8 Å². The van der Waals surface area contributed by atoms with Crippen LogP contribution >= 0.6 is 0 Å². The van der Waals surface area contributed by atoms with Crippen molar-refractivity contribution < 1.29 is 4.74 Å². The highest BCUT2D eigenvalue weighted by Gasteiger charge is 2.33. The van der Waals surface area contributed by atoms with Gasteiger partial charge in [0, 0.05) is 25.7 Å². The lowest BCUT2D eigenvalue weighted by Crippen LogP contribution is -2.37. The summed E-state index contributed by atoms with van der Waals surface area (Å²) in [5, 5.41) is 3.21. The van der Waals surface area contributed by atoms with Crippen molar-refractivity contribution in [1.29, 1.82) is 0 Å². The highest BCUT2D eigenvalue weighted by molar-refractivity contribution is 4.88. The van der Waals surface area contributed by atoms with Gasteiger partial charge in [0.2, 0.25) is 0 Å². The SMILES string of the molecule is CNCC1CCC(CN(CC(C)C)C2CC2)O1. The van der Waals surface area contributed by atoms with Gasteiger partial charge in [-0.25, -0.2) is 0 Å². The first-order chi connectivity index (χ1) is 8.19. The van der Waals surface area contributed by atoms with E-state index in [-0.39, 0.29) is 0 Å². The lowest BCUT2D eigenvalue weighted by atomic mass is 10.1. The molecule has 3 heteroatoms. The van der Waals surface area contributed by atoms with Crippen LogP contribution in [0.1, 0.15) is 39.5 Å². The minimum atomic E-state index is 0.449. The van der Waals surface area contributed by atoms with Crippen molar-refractivity contribution in [3.63, 3.8) is 0 Å². The quantitative estimate of drug-likeness (QED) is 0.735. The van der Waals surface area contributed by atoms with Crippen LogP contribution in [0.3, 0.4) is 0 Å². The molecule has 2 aliphatic rings. The Kier molecular flexibility index (Phi) is 4.83. The van der Waals surface area contributed by atoms with Crippen molar-refractivity contribution in [3.05, 3.63) is 0 Å². The normalized spacial score (nSPS) is 29.5. The van der Waals surface area contributed by atoms with E-state index >= 15 is 0 Å². The van der Waals surface area contributed by atoms with Crippen molar-refractivity contribution >= 4 is 0 Å². The van der Waals surface area contributed by atoms with E-state index in [2.05, 4.69) is 24.1 Å². The molecule has 2 fully saturated rings. The van der Waals surface area contributed by atoms with Gasteiger partial charge in [-0.15, -0.1) is 0 Å². The van der Waals surface area contributed by atoms with Crippen LogP contribution in [0.25, 0.3) is 0 Å². The predicted molar refractivity (Wildman–Crippen MR) is 71.3 cm³/mol. The van der Waals surface area contributed by atoms with Crippen molar-refractivity contribution in [2.24, 2.45) is 5.92 Å². The van der Waals surface area contributed by atoms with Crippen LogP contribution in [-0.4, -0.2) is 49.8 Å². The molecular formula is C14H28N2O. The number of rotatable bonds is 7. The molecule has 1 heterocycles. The van der Waals surface area contributed by atoms with E-state index in [1.807, 2.05) is 7.05 Å². The lowest BCUT2D eigenvalue weighted by molar-refractivity contribution is 0.0203. The van der Waals surface area contributed by atoms with Gasteiger partial charge in [0.15, 0.2) is 0 Å². The molecule has 0 amide bonds. The maximum Gasteiger partial charge on any atom is 0.0707 e. The molecule has 1 aliphatic carbocycles. The highest BCUT2D eigenvalue weighted by atomic mass is 16.5. The Morgan fingerprint density at radius 1 is 1.18 bits per heavy atom. The van der Waals surface area contributed by atoms with Crippen molar-refractivity contribution in [2.75, 3.05) is 26.7 Å². The predicted octanol–water partition coefficient (Wildman–Crippen LogP) is 1.87. The zero-order valence-corrected chi connectivity index (χ0v) is 11.6. The third-order valence-electron chi connectivity index (χ3n) is 3.73. The molecule has 2 unspecified atom stereocenters. The Morgan fingerprint density at radius 3 is 2.47 bits per heavy atom. The van der Waals surface area contributed by atoms with Crippen LogP contribution in [0.15, 0.2) is 0 Å². The van der Waals surface area contributed by atoms with Gasteiger partial charge in [0.1, 0.15) is 0 Å². The van der Waals surface area contributed by atoms with E-state index in [4.69, 9.17) is 4.74 Å². The van der Waals surface area contributed by atoms with E-state index in [0.29, 0.717) is 12.2 Å². The van der Waals surface area contributed by atoms with Gasteiger partial charge in [0.25, 0.3) is 0 Å². The van der Waals surface area contributed by atoms with Crippen LogP contribution < -0.4 is 5.32 Å². The average Bonchev–Trinajstić information content (AvgIpc) is 3.01. The van der Waals surface area contributed by atoms with Crippen molar-refractivity contribution in [1.82, 2.24) is 10.2 Å². The molecule has 0 aromatic carbocycles. The maximum atomic E-state index is 6.09. The minimum absolute atomic E-state index is 0.449. The number of likely N-dealkylation sites (N-methyl/N-ethyl adjacent to an activating group) is 1. The Labute approximate surface area is 106 Å². The largest absolute Gasteiger partial charge is 0.372 e. The topological polar surface area (TPSA) is 24.5 Å². The fourth-order valence-electron chi connectivity index (χ4n) is 2.84. The second-order valence-corrected chi connectivity index (χ2v) is 6.09. The second-order valence-electron chi connectivity index (χ2n) is 6.09. The molecule has 0 aromatic rings. The average molecular weight is 240 g/mol. The van der Waals surface area contributed by atoms with Gasteiger partial charge in [0.05, 0.1) is 12.2 Å². The Bertz CT molecular complexity index is 228. The summed E-state index contributed by atoms with van der Waals surface area (Å²) < 4.78 is 6.09. The summed E-state index contributed by atoms with van der Waals surface area (Å²) in [6.45, 7) is 8.03. The van der Waals surface area contributed by atoms with Gasteiger partial charge >= 0.3 is 0 Å². The zero-order chi connectivity index (χ0) is 12.3. The Hall–Kier alpha value is -0.120. The molecule has 3 nitrogen and oxygen atoms in total. The molecule has 17 heavy (non-hydrogen) atoms. The smallest absolute Gasteiger partial charge is 0.0707 e. The van der Waals surface area contributed by atoms with E-state index in [0.717, 1.165) is 25.0 Å². The minimum Gasteiger partial charge on any atom is -0.372 e. The fraction of sp³-hybridized carbons (Fsp3) is 1.00. The van der Waals surface area contributed by atoms with Crippen LogP contribution in [0.2, 0.25) is 0 Å². The molecule has 100 valence electrons. The van der Waals surface area contributed by atoms with Gasteiger partial charge in [-0.05, 0) is 38.6 Å². The molecule has 1 saturated heterocycles. The molecule has 2 rings (SSSR count). The number of ether oxygens (including phenoxy) is 1. The molecule has 1 N–H and O–H groups in total. The van der Waals surface area contributed by atoms with E-state index in [1.54, 1.807) is 0 Å². The summed E-state index contributed by atoms with van der Waals surface area (Å²) in [5.41, 5.74) is 0. The highest BCUT2D eigenvalue weighted by Crippen LogP contribution is 2.30. The summed E-state index contributed by atoms with van der Waals surface area (Å²) >= 11 is 0. The van der Waals surface area contributed by atoms with Gasteiger partial charge < -0.3 is 10.1 Å². The van der Waals surface area contributed by atoms with E-state index in [1.165, 1.54) is 32.2 Å². The summed E-state index contributed by atoms with van der Waals surface area (Å²) in [4.78, 5) is 2.66. The summed E-state index contributed by atoms with van der Waals surface area (Å²) in [5.74, 6) is 0.769. The molecule has 2 atom stereocenters. The first-order valence-corrected chi connectivity index (χ1v) is 7.23. The van der Waals surface area contributed by atoms with E-state index in [9.17, 15) is 0 Å². The number of hydrogen-bond donors (Lipinski definition) is 1. The molecule has 0 aromatic heterocycles. The Balaban J connectivity index is 1.74. The van der Waals surface area contributed by atoms with Gasteiger partial charge in [-0.3, -0.25) is 4.90 Å². The second kappa shape index (κ2) is 6.17. The number of nitrogens with zero attached hydrogens (tertiary/aromatic N) is 1. The summed E-state index contributed by atoms with van der Waals surface area (Å²) in [6, 6.07) is 0.865. The molecule has 1 saturated carbocycles. The summed E-state index contributed by atoms with van der Waals surface area (Å²) in [6.07, 6.45) is 6.20. The van der Waals surface area contributed by atoms with Gasteiger partial charge in [-0.2, -0.15) is 0 Å². The third kappa shape index (κ3) is 4.23. The monoisotopic (exact) mass is 240 g/mol. The molecule has 0 radical (unpaired) electrons. The molecule has 0 spiro atoms.